The molecule has 0 aliphatic carbocycles. The number of carbonyl (C=O) groups excluding carboxylic acids is 2. The number of furan rings is 1. The summed E-state index contributed by atoms with van der Waals surface area (Å²) in [7, 11) is 2.86. The van der Waals surface area contributed by atoms with Crippen molar-refractivity contribution >= 4 is 33.5 Å². The lowest BCUT2D eigenvalue weighted by molar-refractivity contribution is 0.0589. The molecule has 1 N–H and O–H groups in total. The normalized spacial score (nSPS) is 10.6. The number of esters is 1. The molecule has 0 saturated carbocycles. The first-order valence-electron chi connectivity index (χ1n) is 8.30. The largest absolute Gasteiger partial charge is 0.484 e. The van der Waals surface area contributed by atoms with Gasteiger partial charge >= 0.3 is 5.97 Å². The number of rotatable bonds is 6. The van der Waals surface area contributed by atoms with Gasteiger partial charge in [-0.25, -0.2) is 4.79 Å². The topological polar surface area (TPSA) is 95.6 Å². The number of anilines is 1. The van der Waals surface area contributed by atoms with Crippen LogP contribution in [0.25, 0.3) is 0 Å². The Balaban J connectivity index is 1.71. The molecule has 0 unspecified atom stereocenters. The molecule has 0 aliphatic rings. The van der Waals surface area contributed by atoms with Crippen molar-refractivity contribution in [2.75, 3.05) is 12.4 Å². The molecule has 0 fully saturated rings. The second-order valence-corrected chi connectivity index (χ2v) is 6.72. The number of nitrogens with zero attached hydrogens (tertiary/aromatic N) is 2. The van der Waals surface area contributed by atoms with Gasteiger partial charge in [0.15, 0.2) is 11.5 Å². The summed E-state index contributed by atoms with van der Waals surface area (Å²) < 4.78 is 18.2. The number of nitrogens with one attached hydrogen (secondary N) is 1. The van der Waals surface area contributed by atoms with Crippen molar-refractivity contribution in [1.29, 1.82) is 0 Å². The van der Waals surface area contributed by atoms with Gasteiger partial charge in [-0.15, -0.1) is 0 Å². The van der Waals surface area contributed by atoms with Gasteiger partial charge in [0, 0.05) is 7.05 Å². The number of halogens is 1. The molecule has 0 saturated heterocycles. The Morgan fingerprint density at radius 1 is 1.25 bits per heavy atom. The Morgan fingerprint density at radius 2 is 2.00 bits per heavy atom. The van der Waals surface area contributed by atoms with Gasteiger partial charge in [-0.3, -0.25) is 9.48 Å². The maximum Gasteiger partial charge on any atom is 0.358 e. The average Bonchev–Trinajstić information content (AvgIpc) is 3.25. The van der Waals surface area contributed by atoms with Crippen molar-refractivity contribution in [3.8, 4) is 5.75 Å². The molecule has 0 bridgehead atoms. The van der Waals surface area contributed by atoms with Crippen LogP contribution in [0, 0.1) is 6.92 Å². The number of hydrogen-bond acceptors (Lipinski definition) is 6. The van der Waals surface area contributed by atoms with Gasteiger partial charge in [0.1, 0.15) is 18.1 Å². The van der Waals surface area contributed by atoms with Crippen LogP contribution < -0.4 is 10.1 Å². The van der Waals surface area contributed by atoms with Gasteiger partial charge in [0.25, 0.3) is 5.91 Å². The standard InChI is InChI=1S/C19H18BrN3O5/c1-11-16(17(19(25)26-3)23(2)22-11)21-18(24)15-9-8-12(28-15)10-27-14-7-5-4-6-13(14)20/h4-9H,10H2,1-3H3,(H,21,24). The zero-order valence-corrected chi connectivity index (χ0v) is 17.1. The van der Waals surface area contributed by atoms with Gasteiger partial charge in [0.2, 0.25) is 0 Å². The fourth-order valence-electron chi connectivity index (χ4n) is 2.60. The van der Waals surface area contributed by atoms with Gasteiger partial charge in [0.05, 0.1) is 23.0 Å². The highest BCUT2D eigenvalue weighted by Crippen LogP contribution is 2.25. The summed E-state index contributed by atoms with van der Waals surface area (Å²) >= 11 is 3.40. The van der Waals surface area contributed by atoms with E-state index >= 15 is 0 Å². The summed E-state index contributed by atoms with van der Waals surface area (Å²) in [5, 5.41) is 6.81. The minimum Gasteiger partial charge on any atom is -0.484 e. The Labute approximate surface area is 169 Å². The molecule has 3 aromatic rings. The molecule has 1 amide bonds. The van der Waals surface area contributed by atoms with E-state index in [9.17, 15) is 9.59 Å². The number of para-hydroxylation sites is 1. The zero-order chi connectivity index (χ0) is 20.3. The number of methoxy groups -OCH3 is 1. The molecule has 0 spiro atoms. The fraction of sp³-hybridized carbons (Fsp3) is 0.211. The fourth-order valence-corrected chi connectivity index (χ4v) is 3.00. The molecule has 0 aliphatic heterocycles. The molecule has 8 nitrogen and oxygen atoms in total. The number of hydrogen-bond donors (Lipinski definition) is 1. The first kappa shape index (κ1) is 19.7. The van der Waals surface area contributed by atoms with E-state index in [1.165, 1.54) is 17.9 Å². The highest BCUT2D eigenvalue weighted by Gasteiger charge is 2.23. The van der Waals surface area contributed by atoms with Crippen LogP contribution in [0.15, 0.2) is 45.3 Å². The number of ether oxygens (including phenoxy) is 2. The molecule has 0 radical (unpaired) electrons. The Morgan fingerprint density at radius 3 is 2.71 bits per heavy atom. The van der Waals surface area contributed by atoms with E-state index in [-0.39, 0.29) is 23.7 Å². The van der Waals surface area contributed by atoms with Gasteiger partial charge in [-0.2, -0.15) is 5.10 Å². The minimum atomic E-state index is -0.597. The first-order chi connectivity index (χ1) is 13.4. The second kappa shape index (κ2) is 8.30. The SMILES string of the molecule is COC(=O)c1c(NC(=O)c2ccc(COc3ccccc3Br)o2)c(C)nn1C. The van der Waals surface area contributed by atoms with E-state index < -0.39 is 11.9 Å². The lowest BCUT2D eigenvalue weighted by atomic mass is 10.3. The van der Waals surface area contributed by atoms with Gasteiger partial charge < -0.3 is 19.2 Å². The molecule has 0 atom stereocenters. The third kappa shape index (κ3) is 4.09. The summed E-state index contributed by atoms with van der Waals surface area (Å²) in [6, 6.07) is 10.6. The van der Waals surface area contributed by atoms with E-state index in [0.717, 1.165) is 4.47 Å². The molecule has 2 heterocycles. The summed E-state index contributed by atoms with van der Waals surface area (Å²) in [5.41, 5.74) is 0.916. The molecule has 1 aromatic carbocycles. The Hall–Kier alpha value is -3.07. The minimum absolute atomic E-state index is 0.0878. The maximum absolute atomic E-state index is 12.5. The Kier molecular flexibility index (Phi) is 5.84. The van der Waals surface area contributed by atoms with Crippen LogP contribution in [0.5, 0.6) is 5.75 Å². The van der Waals surface area contributed by atoms with Gasteiger partial charge in [-0.1, -0.05) is 12.1 Å². The summed E-state index contributed by atoms with van der Waals surface area (Å²) in [6.07, 6.45) is 0. The molecule has 3 rings (SSSR count). The van der Waals surface area contributed by atoms with Crippen LogP contribution in [-0.2, 0) is 18.4 Å². The van der Waals surface area contributed by atoms with Crippen molar-refractivity contribution in [1.82, 2.24) is 9.78 Å². The zero-order valence-electron chi connectivity index (χ0n) is 15.5. The molecule has 2 aromatic heterocycles. The van der Waals surface area contributed by atoms with Gasteiger partial charge in [-0.05, 0) is 47.1 Å². The van der Waals surface area contributed by atoms with E-state index in [0.29, 0.717) is 17.2 Å². The molecular weight excluding hydrogens is 430 g/mol. The van der Waals surface area contributed by atoms with Crippen molar-refractivity contribution < 1.29 is 23.5 Å². The lowest BCUT2D eigenvalue weighted by Gasteiger charge is -2.07. The van der Waals surface area contributed by atoms with Crippen molar-refractivity contribution in [2.45, 2.75) is 13.5 Å². The summed E-state index contributed by atoms with van der Waals surface area (Å²) in [5.74, 6) is 0.133. The predicted octanol–water partition coefficient (Wildman–Crippen LogP) is 3.70. The van der Waals surface area contributed by atoms with E-state index in [2.05, 4.69) is 26.3 Å². The van der Waals surface area contributed by atoms with E-state index in [4.69, 9.17) is 13.9 Å². The van der Waals surface area contributed by atoms with Crippen molar-refractivity contribution in [2.24, 2.45) is 7.05 Å². The third-order valence-corrected chi connectivity index (χ3v) is 4.59. The smallest absolute Gasteiger partial charge is 0.358 e. The number of aryl methyl sites for hydroxylation is 2. The third-order valence-electron chi connectivity index (χ3n) is 3.93. The lowest BCUT2D eigenvalue weighted by Crippen LogP contribution is -2.16. The maximum atomic E-state index is 12.5. The highest BCUT2D eigenvalue weighted by atomic mass is 79.9. The quantitative estimate of drug-likeness (QED) is 0.578. The van der Waals surface area contributed by atoms with Crippen LogP contribution in [0.1, 0.15) is 32.5 Å². The molecule has 9 heteroatoms. The van der Waals surface area contributed by atoms with Crippen LogP contribution in [-0.4, -0.2) is 28.8 Å². The first-order valence-corrected chi connectivity index (χ1v) is 9.09. The average molecular weight is 448 g/mol. The van der Waals surface area contributed by atoms with Crippen LogP contribution in [0.3, 0.4) is 0 Å². The molecular formula is C19H18BrN3O5. The number of aromatic nitrogens is 2. The van der Waals surface area contributed by atoms with Crippen LogP contribution in [0.2, 0.25) is 0 Å². The molecule has 28 heavy (non-hydrogen) atoms. The monoisotopic (exact) mass is 447 g/mol. The van der Waals surface area contributed by atoms with Crippen molar-refractivity contribution in [3.05, 3.63) is 63.8 Å². The number of amides is 1. The van der Waals surface area contributed by atoms with Crippen molar-refractivity contribution in [3.63, 3.8) is 0 Å². The Bertz CT molecular complexity index is 1020. The predicted molar refractivity (Wildman–Crippen MR) is 104 cm³/mol. The second-order valence-electron chi connectivity index (χ2n) is 5.86. The summed E-state index contributed by atoms with van der Waals surface area (Å²) in [6.45, 7) is 1.84. The van der Waals surface area contributed by atoms with Crippen LogP contribution >= 0.6 is 15.9 Å². The number of carbonyl (C=O) groups is 2. The number of benzene rings is 1. The summed E-state index contributed by atoms with van der Waals surface area (Å²) in [4.78, 5) is 24.5. The highest BCUT2D eigenvalue weighted by molar-refractivity contribution is 9.10. The van der Waals surface area contributed by atoms with Crippen LogP contribution in [0.4, 0.5) is 5.69 Å². The molecule has 146 valence electrons. The van der Waals surface area contributed by atoms with E-state index in [1.807, 2.05) is 24.3 Å². The van der Waals surface area contributed by atoms with E-state index in [1.54, 1.807) is 20.0 Å².